The molecule has 162 valence electrons. The van der Waals surface area contributed by atoms with Crippen LogP contribution in [0, 0.1) is 20.8 Å². The number of nitrogens with one attached hydrogen (secondary N) is 1. The van der Waals surface area contributed by atoms with Crippen molar-refractivity contribution in [3.63, 3.8) is 0 Å². The average Bonchev–Trinajstić information content (AvgIpc) is 3.02. The van der Waals surface area contributed by atoms with Crippen molar-refractivity contribution in [1.29, 1.82) is 0 Å². The fourth-order valence-electron chi connectivity index (χ4n) is 3.78. The summed E-state index contributed by atoms with van der Waals surface area (Å²) < 4.78 is 5.50. The van der Waals surface area contributed by atoms with E-state index in [0.717, 1.165) is 22.4 Å². The van der Waals surface area contributed by atoms with Crippen LogP contribution in [0.1, 0.15) is 29.2 Å². The van der Waals surface area contributed by atoms with Crippen LogP contribution in [0.15, 0.2) is 72.4 Å². The maximum absolute atomic E-state index is 13.6. The highest BCUT2D eigenvalue weighted by atomic mass is 16.5. The highest BCUT2D eigenvalue weighted by Crippen LogP contribution is 2.36. The molecule has 4 rings (SSSR count). The Bertz CT molecular complexity index is 1210. The molecule has 0 aliphatic carbocycles. The quantitative estimate of drug-likeness (QED) is 0.536. The summed E-state index contributed by atoms with van der Waals surface area (Å²) in [5.74, 6) is 0.0470. The number of amides is 2. The number of carbonyl (C=O) groups excluding carboxylic acids is 2. The highest BCUT2D eigenvalue weighted by molar-refractivity contribution is 6.46. The third kappa shape index (κ3) is 3.89. The largest absolute Gasteiger partial charge is 0.494 e. The van der Waals surface area contributed by atoms with E-state index < -0.39 is 0 Å². The van der Waals surface area contributed by atoms with Crippen LogP contribution in [-0.4, -0.2) is 18.4 Å². The molecule has 5 nitrogen and oxygen atoms in total. The van der Waals surface area contributed by atoms with E-state index in [0.29, 0.717) is 29.1 Å². The Kier molecular flexibility index (Phi) is 5.82. The van der Waals surface area contributed by atoms with Gasteiger partial charge in [0.2, 0.25) is 0 Å². The van der Waals surface area contributed by atoms with E-state index >= 15 is 0 Å². The summed E-state index contributed by atoms with van der Waals surface area (Å²) in [6.45, 7) is 8.38. The zero-order valence-corrected chi connectivity index (χ0v) is 18.7. The fraction of sp³-hybridized carbons (Fsp3) is 0.185. The molecule has 0 fully saturated rings. The molecule has 1 aliphatic heterocycles. The van der Waals surface area contributed by atoms with Gasteiger partial charge in [0.25, 0.3) is 11.8 Å². The number of rotatable bonds is 6. The zero-order chi connectivity index (χ0) is 22.8. The molecule has 1 N–H and O–H groups in total. The molecule has 0 radical (unpaired) electrons. The monoisotopic (exact) mass is 426 g/mol. The Hall–Kier alpha value is -3.86. The van der Waals surface area contributed by atoms with Crippen molar-refractivity contribution in [2.24, 2.45) is 0 Å². The van der Waals surface area contributed by atoms with Gasteiger partial charge in [0, 0.05) is 5.69 Å². The number of benzene rings is 3. The molecule has 1 heterocycles. The maximum Gasteiger partial charge on any atom is 0.282 e. The fourth-order valence-corrected chi connectivity index (χ4v) is 3.78. The third-order valence-corrected chi connectivity index (χ3v) is 5.68. The topological polar surface area (TPSA) is 58.6 Å². The summed E-state index contributed by atoms with van der Waals surface area (Å²) in [6.07, 6.45) is 0. The first-order chi connectivity index (χ1) is 15.4. The Morgan fingerprint density at radius 2 is 1.53 bits per heavy atom. The highest BCUT2D eigenvalue weighted by Gasteiger charge is 2.40. The minimum atomic E-state index is -0.367. The van der Waals surface area contributed by atoms with Gasteiger partial charge in [0.05, 0.1) is 17.9 Å². The molecule has 0 spiro atoms. The first kappa shape index (κ1) is 21.4. The normalized spacial score (nSPS) is 13.7. The molecule has 0 atom stereocenters. The molecule has 32 heavy (non-hydrogen) atoms. The lowest BCUT2D eigenvalue weighted by atomic mass is 10.0. The molecule has 1 aliphatic rings. The maximum atomic E-state index is 13.6. The summed E-state index contributed by atoms with van der Waals surface area (Å²) in [4.78, 5) is 28.4. The number of hydrogen-bond donors (Lipinski definition) is 1. The van der Waals surface area contributed by atoms with Gasteiger partial charge in [0.15, 0.2) is 0 Å². The second-order valence-corrected chi connectivity index (χ2v) is 7.86. The van der Waals surface area contributed by atoms with E-state index in [4.69, 9.17) is 4.74 Å². The number of aryl methyl sites for hydroxylation is 2. The third-order valence-electron chi connectivity index (χ3n) is 5.68. The van der Waals surface area contributed by atoms with E-state index in [1.807, 2.05) is 94.4 Å². The van der Waals surface area contributed by atoms with Crippen LogP contribution < -0.4 is 15.0 Å². The molecule has 0 bridgehead atoms. The molecular weight excluding hydrogens is 400 g/mol. The summed E-state index contributed by atoms with van der Waals surface area (Å²) in [5, 5.41) is 3.20. The first-order valence-electron chi connectivity index (χ1n) is 10.7. The van der Waals surface area contributed by atoms with Crippen molar-refractivity contribution in [3.05, 3.63) is 94.7 Å². The van der Waals surface area contributed by atoms with Crippen LogP contribution >= 0.6 is 0 Å². The minimum absolute atomic E-state index is 0.268. The Balaban J connectivity index is 1.79. The summed E-state index contributed by atoms with van der Waals surface area (Å²) in [6, 6.07) is 20.6. The van der Waals surface area contributed by atoms with E-state index in [-0.39, 0.29) is 17.5 Å². The number of carbonyl (C=O) groups is 2. The molecule has 0 aromatic heterocycles. The van der Waals surface area contributed by atoms with Crippen LogP contribution in [0.4, 0.5) is 11.4 Å². The van der Waals surface area contributed by atoms with Crippen molar-refractivity contribution < 1.29 is 14.3 Å². The van der Waals surface area contributed by atoms with Gasteiger partial charge in [0.1, 0.15) is 11.4 Å². The summed E-state index contributed by atoms with van der Waals surface area (Å²) >= 11 is 0. The van der Waals surface area contributed by atoms with Crippen molar-refractivity contribution in [1.82, 2.24) is 0 Å². The Morgan fingerprint density at radius 1 is 0.844 bits per heavy atom. The molecule has 3 aromatic rings. The van der Waals surface area contributed by atoms with Gasteiger partial charge in [-0.3, -0.25) is 9.59 Å². The predicted octanol–water partition coefficient (Wildman–Crippen LogP) is 5.41. The summed E-state index contributed by atoms with van der Waals surface area (Å²) in [7, 11) is 0. The van der Waals surface area contributed by atoms with Gasteiger partial charge in [-0.1, -0.05) is 42.0 Å². The number of anilines is 2. The van der Waals surface area contributed by atoms with E-state index in [1.165, 1.54) is 4.90 Å². The van der Waals surface area contributed by atoms with Crippen molar-refractivity contribution in [2.45, 2.75) is 27.7 Å². The lowest BCUT2D eigenvalue weighted by Gasteiger charge is -2.19. The summed E-state index contributed by atoms with van der Waals surface area (Å²) in [5.41, 5.74) is 5.65. The van der Waals surface area contributed by atoms with Gasteiger partial charge in [-0.05, 0) is 74.7 Å². The number of hydrogen-bond acceptors (Lipinski definition) is 4. The standard InChI is InChI=1S/C27H26N2O3/c1-5-32-22-15-13-21(14-16-22)28-25-24(20-11-9-17(2)10-12-20)26(30)29(27(25)31)23-8-6-7-18(3)19(23)4/h6-16,28H,5H2,1-4H3. The second-order valence-electron chi connectivity index (χ2n) is 7.86. The van der Waals surface area contributed by atoms with Crippen LogP contribution in [0.25, 0.3) is 5.57 Å². The molecule has 5 heteroatoms. The number of imide groups is 1. The van der Waals surface area contributed by atoms with Gasteiger partial charge in [-0.25, -0.2) is 4.90 Å². The smallest absolute Gasteiger partial charge is 0.282 e. The number of ether oxygens (including phenoxy) is 1. The van der Waals surface area contributed by atoms with Crippen LogP contribution in [-0.2, 0) is 9.59 Å². The van der Waals surface area contributed by atoms with Crippen LogP contribution in [0.5, 0.6) is 5.75 Å². The molecule has 2 amide bonds. The second kappa shape index (κ2) is 8.71. The van der Waals surface area contributed by atoms with E-state index in [9.17, 15) is 9.59 Å². The average molecular weight is 427 g/mol. The van der Waals surface area contributed by atoms with Crippen molar-refractivity contribution in [3.8, 4) is 5.75 Å². The van der Waals surface area contributed by atoms with Crippen LogP contribution in [0.2, 0.25) is 0 Å². The molecular formula is C27H26N2O3. The molecule has 0 unspecified atom stereocenters. The zero-order valence-electron chi connectivity index (χ0n) is 18.7. The van der Waals surface area contributed by atoms with Crippen molar-refractivity contribution >= 4 is 28.8 Å². The van der Waals surface area contributed by atoms with E-state index in [2.05, 4.69) is 5.32 Å². The minimum Gasteiger partial charge on any atom is -0.494 e. The Labute approximate surface area is 188 Å². The SMILES string of the molecule is CCOc1ccc(NC2=C(c3ccc(C)cc3)C(=O)N(c3cccc(C)c3C)C2=O)cc1. The van der Waals surface area contributed by atoms with Gasteiger partial charge in [-0.2, -0.15) is 0 Å². The van der Waals surface area contributed by atoms with Gasteiger partial charge < -0.3 is 10.1 Å². The van der Waals surface area contributed by atoms with Crippen LogP contribution in [0.3, 0.4) is 0 Å². The molecule has 0 saturated carbocycles. The lowest BCUT2D eigenvalue weighted by molar-refractivity contribution is -0.120. The van der Waals surface area contributed by atoms with Crippen molar-refractivity contribution in [2.75, 3.05) is 16.8 Å². The molecule has 3 aromatic carbocycles. The Morgan fingerprint density at radius 3 is 2.19 bits per heavy atom. The lowest BCUT2D eigenvalue weighted by Crippen LogP contribution is -2.33. The van der Waals surface area contributed by atoms with E-state index in [1.54, 1.807) is 0 Å². The van der Waals surface area contributed by atoms with Gasteiger partial charge >= 0.3 is 0 Å². The molecule has 0 saturated heterocycles. The van der Waals surface area contributed by atoms with Gasteiger partial charge in [-0.15, -0.1) is 0 Å². The number of nitrogens with zero attached hydrogens (tertiary/aromatic N) is 1. The first-order valence-corrected chi connectivity index (χ1v) is 10.7. The predicted molar refractivity (Wildman–Crippen MR) is 128 cm³/mol.